The van der Waals surface area contributed by atoms with Crippen molar-refractivity contribution < 1.29 is 18.8 Å². The molecule has 1 aliphatic rings. The highest BCUT2D eigenvalue weighted by atomic mass is 32.2. The van der Waals surface area contributed by atoms with Crippen LogP contribution in [0.2, 0.25) is 0 Å². The lowest BCUT2D eigenvalue weighted by molar-refractivity contribution is -0.0532. The van der Waals surface area contributed by atoms with E-state index >= 15 is 0 Å². The van der Waals surface area contributed by atoms with Gasteiger partial charge in [-0.25, -0.2) is 4.79 Å². The van der Waals surface area contributed by atoms with Gasteiger partial charge in [-0.15, -0.1) is 4.72 Å². The van der Waals surface area contributed by atoms with Crippen molar-refractivity contribution in [3.05, 3.63) is 29.6 Å². The van der Waals surface area contributed by atoms with Crippen molar-refractivity contribution in [1.29, 1.82) is 0 Å². The summed E-state index contributed by atoms with van der Waals surface area (Å²) in [6.07, 6.45) is 1.02. The molecule has 0 bridgehead atoms. The van der Waals surface area contributed by atoms with Gasteiger partial charge >= 0.3 is 6.09 Å². The first-order valence-electron chi connectivity index (χ1n) is 9.57. The number of morpholine rings is 1. The summed E-state index contributed by atoms with van der Waals surface area (Å²) in [4.78, 5) is 18.6. The van der Waals surface area contributed by atoms with Gasteiger partial charge in [0.05, 0.1) is 18.8 Å². The molecule has 28 heavy (non-hydrogen) atoms. The highest BCUT2D eigenvalue weighted by Gasteiger charge is 2.38. The van der Waals surface area contributed by atoms with Crippen LogP contribution < -0.4 is 4.72 Å². The molecule has 2 rings (SSSR count). The number of aryl methyl sites for hydroxylation is 1. The Bertz CT molecular complexity index is 655. The molecule has 0 spiro atoms. The van der Waals surface area contributed by atoms with E-state index in [-0.39, 0.29) is 12.2 Å². The van der Waals surface area contributed by atoms with Crippen LogP contribution in [0.3, 0.4) is 0 Å². The minimum absolute atomic E-state index is 0.337. The van der Waals surface area contributed by atoms with Crippen LogP contribution in [0, 0.1) is 6.92 Å². The number of nitrogens with zero attached hydrogens (tertiary/aromatic N) is 2. The number of aromatic nitrogens is 1. The Balaban J connectivity index is 2.21. The molecule has 1 aromatic heterocycles. The van der Waals surface area contributed by atoms with Crippen LogP contribution in [0.1, 0.15) is 58.8 Å². The summed E-state index contributed by atoms with van der Waals surface area (Å²) in [5, 5.41) is 0. The van der Waals surface area contributed by atoms with Crippen LogP contribution in [0.25, 0.3) is 0 Å². The van der Waals surface area contributed by atoms with Gasteiger partial charge in [-0.3, -0.25) is 4.98 Å². The van der Waals surface area contributed by atoms with Gasteiger partial charge < -0.3 is 18.9 Å². The lowest BCUT2D eigenvalue weighted by Gasteiger charge is -2.38. The monoisotopic (exact) mass is 411 g/mol. The smallest absolute Gasteiger partial charge is 0.410 e. The van der Waals surface area contributed by atoms with E-state index in [9.17, 15) is 9.35 Å². The molecule has 0 radical (unpaired) electrons. The number of amides is 1. The summed E-state index contributed by atoms with van der Waals surface area (Å²) in [6.45, 7) is 14.4. The zero-order chi connectivity index (χ0) is 21.1. The van der Waals surface area contributed by atoms with Crippen LogP contribution in [0.15, 0.2) is 18.3 Å². The standard InChI is InChI=1S/C20H33N3O4S/c1-14-8-9-15(21-12-14)17(22-28(25)20(5,6)7)16-13-23(10-11-26-16)18(24)27-19(2,3)4/h8-9,12,16-17,22H,10-11,13H2,1-7H3/t16-,17?,28?/m1/s1. The molecule has 0 aromatic carbocycles. The first-order valence-corrected chi connectivity index (χ1v) is 10.7. The molecule has 1 amide bonds. The van der Waals surface area contributed by atoms with Crippen molar-refractivity contribution >= 4 is 17.5 Å². The molecule has 1 aliphatic heterocycles. The summed E-state index contributed by atoms with van der Waals surface area (Å²) < 4.78 is 27.0. The molecule has 1 fully saturated rings. The number of rotatable bonds is 4. The topological polar surface area (TPSA) is 86.8 Å². The van der Waals surface area contributed by atoms with Crippen molar-refractivity contribution in [2.45, 2.75) is 71.0 Å². The van der Waals surface area contributed by atoms with Gasteiger partial charge in [0, 0.05) is 24.1 Å². The van der Waals surface area contributed by atoms with Crippen molar-refractivity contribution in [2.75, 3.05) is 19.7 Å². The fourth-order valence-electron chi connectivity index (χ4n) is 2.65. The van der Waals surface area contributed by atoms with E-state index in [2.05, 4.69) is 9.71 Å². The third-order valence-corrected chi connectivity index (χ3v) is 5.74. The fourth-order valence-corrected chi connectivity index (χ4v) is 3.51. The van der Waals surface area contributed by atoms with Gasteiger partial charge in [-0.1, -0.05) is 6.07 Å². The van der Waals surface area contributed by atoms with E-state index in [1.807, 2.05) is 60.6 Å². The van der Waals surface area contributed by atoms with E-state index in [4.69, 9.17) is 9.47 Å². The minimum atomic E-state index is -1.32. The second-order valence-electron chi connectivity index (χ2n) is 9.07. The van der Waals surface area contributed by atoms with Gasteiger partial charge in [0.1, 0.15) is 22.5 Å². The zero-order valence-corrected chi connectivity index (χ0v) is 18.8. The Labute approximate surface area is 171 Å². The third-order valence-electron chi connectivity index (χ3n) is 4.16. The largest absolute Gasteiger partial charge is 0.598 e. The van der Waals surface area contributed by atoms with Crippen LogP contribution in [-0.4, -0.2) is 56.7 Å². The molecule has 2 heterocycles. The number of carbonyl (C=O) groups excluding carboxylic acids is 1. The molecule has 8 heteroatoms. The van der Waals surface area contributed by atoms with Crippen molar-refractivity contribution in [3.63, 3.8) is 0 Å². The van der Waals surface area contributed by atoms with Crippen LogP contribution in [-0.2, 0) is 20.8 Å². The number of hydrogen-bond acceptors (Lipinski definition) is 6. The molecule has 158 valence electrons. The van der Waals surface area contributed by atoms with Crippen LogP contribution in [0.5, 0.6) is 0 Å². The number of pyridine rings is 1. The second-order valence-corrected chi connectivity index (χ2v) is 11.1. The van der Waals surface area contributed by atoms with Crippen molar-refractivity contribution in [1.82, 2.24) is 14.6 Å². The summed E-state index contributed by atoms with van der Waals surface area (Å²) in [5.74, 6) is 0. The summed E-state index contributed by atoms with van der Waals surface area (Å²) in [5.41, 5.74) is 1.22. The van der Waals surface area contributed by atoms with Gasteiger partial charge in [0.15, 0.2) is 0 Å². The molecular formula is C20H33N3O4S. The van der Waals surface area contributed by atoms with E-state index < -0.39 is 27.8 Å². The molecule has 0 saturated carbocycles. The quantitative estimate of drug-likeness (QED) is 0.766. The molecule has 7 nitrogen and oxygen atoms in total. The molecule has 1 saturated heterocycles. The summed E-state index contributed by atoms with van der Waals surface area (Å²) >= 11 is -1.32. The Kier molecular flexibility index (Phi) is 7.36. The predicted molar refractivity (Wildman–Crippen MR) is 110 cm³/mol. The molecule has 3 atom stereocenters. The Hall–Kier alpha value is -1.35. The molecule has 1 N–H and O–H groups in total. The van der Waals surface area contributed by atoms with Crippen molar-refractivity contribution in [2.24, 2.45) is 0 Å². The Morgan fingerprint density at radius 3 is 2.57 bits per heavy atom. The lowest BCUT2D eigenvalue weighted by atomic mass is 10.1. The number of carbonyl (C=O) groups is 1. The van der Waals surface area contributed by atoms with Gasteiger partial charge in [0.25, 0.3) is 0 Å². The highest BCUT2D eigenvalue weighted by Crippen LogP contribution is 2.26. The maximum absolute atomic E-state index is 12.8. The molecular weight excluding hydrogens is 378 g/mol. The first-order chi connectivity index (χ1) is 12.9. The number of nitrogens with one attached hydrogen (secondary N) is 1. The molecule has 2 unspecified atom stereocenters. The number of hydrogen-bond donors (Lipinski definition) is 1. The van der Waals surface area contributed by atoms with Gasteiger partial charge in [-0.2, -0.15) is 0 Å². The van der Waals surface area contributed by atoms with Crippen molar-refractivity contribution in [3.8, 4) is 0 Å². The maximum Gasteiger partial charge on any atom is 0.410 e. The van der Waals surface area contributed by atoms with Gasteiger partial charge in [-0.05, 0) is 60.1 Å². The molecule has 1 aromatic rings. The maximum atomic E-state index is 12.8. The van der Waals surface area contributed by atoms with E-state index in [0.717, 1.165) is 11.3 Å². The summed E-state index contributed by atoms with van der Waals surface area (Å²) in [7, 11) is 0. The normalized spacial score (nSPS) is 20.6. The highest BCUT2D eigenvalue weighted by molar-refractivity contribution is 7.90. The van der Waals surface area contributed by atoms with E-state index in [1.165, 1.54) is 0 Å². The Morgan fingerprint density at radius 1 is 1.36 bits per heavy atom. The average molecular weight is 412 g/mol. The minimum Gasteiger partial charge on any atom is -0.598 e. The average Bonchev–Trinajstić information content (AvgIpc) is 2.58. The fraction of sp³-hybridized carbons (Fsp3) is 0.700. The Morgan fingerprint density at radius 2 is 2.04 bits per heavy atom. The predicted octanol–water partition coefficient (Wildman–Crippen LogP) is 3.12. The van der Waals surface area contributed by atoms with E-state index in [1.54, 1.807) is 11.1 Å². The molecule has 0 aliphatic carbocycles. The van der Waals surface area contributed by atoms with Crippen LogP contribution in [0.4, 0.5) is 4.79 Å². The van der Waals surface area contributed by atoms with E-state index in [0.29, 0.717) is 19.7 Å². The third kappa shape index (κ3) is 6.62. The number of ether oxygens (including phenoxy) is 2. The van der Waals surface area contributed by atoms with Gasteiger partial charge in [0.2, 0.25) is 0 Å². The second kappa shape index (κ2) is 8.98. The SMILES string of the molecule is Cc1ccc(C(N[S+]([O-])C(C)(C)C)[C@H]2CN(C(=O)OC(C)(C)C)CCO2)nc1. The first kappa shape index (κ1) is 22.9. The summed E-state index contributed by atoms with van der Waals surface area (Å²) in [6, 6.07) is 3.46. The zero-order valence-electron chi connectivity index (χ0n) is 17.9. The lowest BCUT2D eigenvalue weighted by Crippen LogP contribution is -2.53. The van der Waals surface area contributed by atoms with Crippen LogP contribution >= 0.6 is 0 Å².